The number of hydrogen-bond donors (Lipinski definition) is 2. The highest BCUT2D eigenvalue weighted by Gasteiger charge is 2.25. The molecular formula is C17H15N5O2. The molecule has 0 unspecified atom stereocenters. The third-order valence-corrected chi connectivity index (χ3v) is 3.74. The van der Waals surface area contributed by atoms with E-state index < -0.39 is 0 Å². The average molecular weight is 321 g/mol. The molecule has 1 aliphatic heterocycles. The third-order valence-electron chi connectivity index (χ3n) is 3.74. The van der Waals surface area contributed by atoms with E-state index in [0.29, 0.717) is 5.95 Å². The molecule has 120 valence electrons. The Labute approximate surface area is 138 Å². The van der Waals surface area contributed by atoms with Crippen LogP contribution >= 0.6 is 0 Å². The highest BCUT2D eigenvalue weighted by Crippen LogP contribution is 2.32. The smallest absolute Gasteiger partial charge is 0.226 e. The van der Waals surface area contributed by atoms with Crippen LogP contribution in [0.2, 0.25) is 0 Å². The minimum Gasteiger partial charge on any atom is -0.467 e. The molecule has 1 aliphatic rings. The van der Waals surface area contributed by atoms with E-state index in [1.807, 2.05) is 42.5 Å². The van der Waals surface area contributed by atoms with Gasteiger partial charge in [-0.05, 0) is 35.9 Å². The molecule has 0 bridgehead atoms. The summed E-state index contributed by atoms with van der Waals surface area (Å²) in [6, 6.07) is 11.2. The van der Waals surface area contributed by atoms with Crippen LogP contribution in [0.4, 0.5) is 11.6 Å². The minimum absolute atomic E-state index is 0.106. The lowest BCUT2D eigenvalue weighted by atomic mass is 10.1. The van der Waals surface area contributed by atoms with Crippen LogP contribution in [0.1, 0.15) is 24.3 Å². The molecule has 0 radical (unpaired) electrons. The van der Waals surface area contributed by atoms with Crippen LogP contribution in [0, 0.1) is 0 Å². The Hall–Kier alpha value is -3.35. The molecule has 1 amide bonds. The van der Waals surface area contributed by atoms with Crippen LogP contribution in [-0.4, -0.2) is 20.7 Å². The van der Waals surface area contributed by atoms with Crippen molar-refractivity contribution in [3.8, 4) is 0 Å². The van der Waals surface area contributed by atoms with Gasteiger partial charge in [-0.25, -0.2) is 4.68 Å². The summed E-state index contributed by atoms with van der Waals surface area (Å²) >= 11 is 0. The van der Waals surface area contributed by atoms with Gasteiger partial charge >= 0.3 is 0 Å². The van der Waals surface area contributed by atoms with Crippen LogP contribution in [0.5, 0.6) is 0 Å². The standard InChI is InChI=1S/C17H15N5O2/c1-11(23)20-13-5-2-4-12(8-13)14-9-15(16-6-3-7-24-16)22-17(21-14)18-10-19-22/h2-10,15H,1H3,(H,20,23)(H,18,19,21)/t15-/m1/s1. The lowest BCUT2D eigenvalue weighted by Gasteiger charge is -2.23. The van der Waals surface area contributed by atoms with Gasteiger partial charge in [-0.3, -0.25) is 4.79 Å². The van der Waals surface area contributed by atoms with Gasteiger partial charge < -0.3 is 15.1 Å². The van der Waals surface area contributed by atoms with E-state index in [1.54, 1.807) is 10.9 Å². The molecule has 2 aromatic heterocycles. The third kappa shape index (κ3) is 2.56. The molecular weight excluding hydrogens is 306 g/mol. The Morgan fingerprint density at radius 1 is 1.33 bits per heavy atom. The molecule has 0 fully saturated rings. The van der Waals surface area contributed by atoms with Gasteiger partial charge in [0.2, 0.25) is 11.9 Å². The zero-order valence-corrected chi connectivity index (χ0v) is 12.9. The molecule has 1 atom stereocenters. The Kier molecular flexibility index (Phi) is 3.38. The maximum absolute atomic E-state index is 11.3. The molecule has 4 rings (SSSR count). The molecule has 0 aliphatic carbocycles. The first-order valence-electron chi connectivity index (χ1n) is 7.50. The number of anilines is 2. The number of amides is 1. The second kappa shape index (κ2) is 5.69. The lowest BCUT2D eigenvalue weighted by molar-refractivity contribution is -0.114. The molecule has 2 N–H and O–H groups in total. The summed E-state index contributed by atoms with van der Waals surface area (Å²) in [5.41, 5.74) is 2.56. The van der Waals surface area contributed by atoms with Crippen molar-refractivity contribution in [1.29, 1.82) is 0 Å². The van der Waals surface area contributed by atoms with Crippen molar-refractivity contribution in [2.24, 2.45) is 0 Å². The summed E-state index contributed by atoms with van der Waals surface area (Å²) in [5, 5.41) is 10.3. The highest BCUT2D eigenvalue weighted by molar-refractivity contribution is 5.89. The Bertz CT molecular complexity index is 911. The van der Waals surface area contributed by atoms with Gasteiger partial charge in [-0.15, -0.1) is 0 Å². The Morgan fingerprint density at radius 3 is 3.04 bits per heavy atom. The number of carbonyl (C=O) groups is 1. The zero-order chi connectivity index (χ0) is 16.5. The number of nitrogens with zero attached hydrogens (tertiary/aromatic N) is 3. The van der Waals surface area contributed by atoms with Crippen LogP contribution in [-0.2, 0) is 4.79 Å². The molecule has 0 saturated carbocycles. The number of carbonyl (C=O) groups excluding carboxylic acids is 1. The van der Waals surface area contributed by atoms with Crippen molar-refractivity contribution in [2.45, 2.75) is 13.0 Å². The van der Waals surface area contributed by atoms with Gasteiger partial charge in [0.05, 0.1) is 6.26 Å². The summed E-state index contributed by atoms with van der Waals surface area (Å²) in [5.74, 6) is 1.31. The predicted octanol–water partition coefficient (Wildman–Crippen LogP) is 2.89. The van der Waals surface area contributed by atoms with Crippen LogP contribution in [0.3, 0.4) is 0 Å². The molecule has 7 nitrogen and oxygen atoms in total. The maximum Gasteiger partial charge on any atom is 0.226 e. The number of rotatable bonds is 3. The second-order valence-electron chi connectivity index (χ2n) is 5.46. The number of allylic oxidation sites excluding steroid dienone is 1. The Balaban J connectivity index is 1.74. The van der Waals surface area contributed by atoms with E-state index >= 15 is 0 Å². The van der Waals surface area contributed by atoms with E-state index in [1.165, 1.54) is 13.3 Å². The average Bonchev–Trinajstić information content (AvgIpc) is 3.25. The number of nitrogens with one attached hydrogen (secondary N) is 2. The number of benzene rings is 1. The molecule has 3 heterocycles. The van der Waals surface area contributed by atoms with Crippen molar-refractivity contribution in [3.63, 3.8) is 0 Å². The first kappa shape index (κ1) is 14.3. The number of aromatic nitrogens is 3. The summed E-state index contributed by atoms with van der Waals surface area (Å²) in [4.78, 5) is 15.5. The summed E-state index contributed by atoms with van der Waals surface area (Å²) in [7, 11) is 0. The largest absolute Gasteiger partial charge is 0.467 e. The van der Waals surface area contributed by atoms with Gasteiger partial charge in [0.1, 0.15) is 18.1 Å². The van der Waals surface area contributed by atoms with Crippen molar-refractivity contribution < 1.29 is 9.21 Å². The number of hydrogen-bond acceptors (Lipinski definition) is 5. The predicted molar refractivity (Wildman–Crippen MR) is 89.2 cm³/mol. The summed E-state index contributed by atoms with van der Waals surface area (Å²) < 4.78 is 7.31. The molecule has 1 aromatic carbocycles. The van der Waals surface area contributed by atoms with Gasteiger partial charge in [-0.1, -0.05) is 12.1 Å². The molecule has 24 heavy (non-hydrogen) atoms. The zero-order valence-electron chi connectivity index (χ0n) is 12.9. The van der Waals surface area contributed by atoms with Crippen molar-refractivity contribution in [2.75, 3.05) is 10.6 Å². The van der Waals surface area contributed by atoms with E-state index in [9.17, 15) is 4.79 Å². The Morgan fingerprint density at radius 2 is 2.25 bits per heavy atom. The molecule has 7 heteroatoms. The van der Waals surface area contributed by atoms with Crippen LogP contribution < -0.4 is 10.6 Å². The minimum atomic E-state index is -0.182. The SMILES string of the molecule is CC(=O)Nc1cccc(C2=C[C@H](c3ccco3)n3ncnc3N2)c1. The fraction of sp³-hybridized carbons (Fsp3) is 0.118. The molecule has 3 aromatic rings. The van der Waals surface area contributed by atoms with E-state index in [0.717, 1.165) is 22.7 Å². The molecule has 0 saturated heterocycles. The van der Waals surface area contributed by atoms with E-state index in [2.05, 4.69) is 20.7 Å². The highest BCUT2D eigenvalue weighted by atomic mass is 16.3. The number of fused-ring (bicyclic) bond motifs is 1. The first-order valence-corrected chi connectivity index (χ1v) is 7.50. The van der Waals surface area contributed by atoms with Crippen molar-refractivity contribution >= 4 is 23.2 Å². The maximum atomic E-state index is 11.3. The van der Waals surface area contributed by atoms with Crippen molar-refractivity contribution in [3.05, 3.63) is 66.4 Å². The van der Waals surface area contributed by atoms with Crippen LogP contribution in [0.15, 0.2) is 59.5 Å². The quantitative estimate of drug-likeness (QED) is 0.775. The van der Waals surface area contributed by atoms with Gasteiger partial charge in [0, 0.05) is 18.3 Å². The van der Waals surface area contributed by atoms with Crippen molar-refractivity contribution in [1.82, 2.24) is 14.8 Å². The molecule has 0 spiro atoms. The van der Waals surface area contributed by atoms with Gasteiger partial charge in [-0.2, -0.15) is 10.1 Å². The second-order valence-corrected chi connectivity index (χ2v) is 5.46. The van der Waals surface area contributed by atoms with Gasteiger partial charge in [0.25, 0.3) is 0 Å². The monoisotopic (exact) mass is 321 g/mol. The van der Waals surface area contributed by atoms with E-state index in [-0.39, 0.29) is 11.9 Å². The van der Waals surface area contributed by atoms with E-state index in [4.69, 9.17) is 4.42 Å². The lowest BCUT2D eigenvalue weighted by Crippen LogP contribution is -2.20. The fourth-order valence-corrected chi connectivity index (χ4v) is 2.73. The normalized spacial score (nSPS) is 16.0. The van der Waals surface area contributed by atoms with Gasteiger partial charge in [0.15, 0.2) is 0 Å². The first-order chi connectivity index (χ1) is 11.7. The summed E-state index contributed by atoms with van der Waals surface area (Å²) in [6.07, 6.45) is 5.16. The topological polar surface area (TPSA) is 85.0 Å². The number of furan rings is 1. The fourth-order valence-electron chi connectivity index (χ4n) is 2.73. The summed E-state index contributed by atoms with van der Waals surface area (Å²) in [6.45, 7) is 1.49. The van der Waals surface area contributed by atoms with Crippen LogP contribution in [0.25, 0.3) is 5.70 Å².